The second-order valence-corrected chi connectivity index (χ2v) is 4.39. The summed E-state index contributed by atoms with van der Waals surface area (Å²) in [6, 6.07) is 0. The van der Waals surface area contributed by atoms with Crippen molar-refractivity contribution in [1.29, 1.82) is 0 Å². The zero-order valence-electron chi connectivity index (χ0n) is 9.98. The Bertz CT molecular complexity index is 260. The van der Waals surface area contributed by atoms with Crippen LogP contribution in [0.4, 0.5) is 0 Å². The summed E-state index contributed by atoms with van der Waals surface area (Å²) in [5, 5.41) is 9.07. The smallest absolute Gasteiger partial charge is 0.242 e. The fourth-order valence-corrected chi connectivity index (χ4v) is 1.77. The molecule has 92 valence electrons. The lowest BCUT2D eigenvalue weighted by Gasteiger charge is -2.21. The number of likely N-dealkylation sites (tertiary alicyclic amines) is 1. The molecular formula is C11H20N2O3. The molecule has 16 heavy (non-hydrogen) atoms. The van der Waals surface area contributed by atoms with Crippen LogP contribution in [0.25, 0.3) is 0 Å². The van der Waals surface area contributed by atoms with Crippen LogP contribution in [0.1, 0.15) is 26.2 Å². The average molecular weight is 228 g/mol. The molecular weight excluding hydrogens is 208 g/mol. The molecule has 0 aromatic carbocycles. The summed E-state index contributed by atoms with van der Waals surface area (Å²) in [6.07, 6.45) is 1.52. The van der Waals surface area contributed by atoms with Gasteiger partial charge in [0.25, 0.3) is 0 Å². The average Bonchev–Trinajstić information content (AvgIpc) is 2.68. The van der Waals surface area contributed by atoms with E-state index in [4.69, 9.17) is 5.11 Å². The van der Waals surface area contributed by atoms with E-state index in [1.807, 2.05) is 0 Å². The summed E-state index contributed by atoms with van der Waals surface area (Å²) in [5.41, 5.74) is 0. The third-order valence-electron chi connectivity index (χ3n) is 2.73. The Hall–Kier alpha value is -1.10. The maximum absolute atomic E-state index is 11.7. The van der Waals surface area contributed by atoms with Gasteiger partial charge in [-0.05, 0) is 19.8 Å². The maximum Gasteiger partial charge on any atom is 0.242 e. The Balaban J connectivity index is 2.35. The van der Waals surface area contributed by atoms with Gasteiger partial charge in [0.05, 0.1) is 19.1 Å². The summed E-state index contributed by atoms with van der Waals surface area (Å²) in [5.74, 6) is -0.193. The van der Waals surface area contributed by atoms with E-state index >= 15 is 0 Å². The van der Waals surface area contributed by atoms with Crippen LogP contribution in [0.3, 0.4) is 0 Å². The Kier molecular flexibility index (Phi) is 4.73. The number of carbonyl (C=O) groups excluding carboxylic acids is 2. The normalized spacial score (nSPS) is 17.3. The van der Waals surface area contributed by atoms with Crippen LogP contribution < -0.4 is 0 Å². The van der Waals surface area contributed by atoms with Gasteiger partial charge in [-0.25, -0.2) is 0 Å². The number of carbonyl (C=O) groups is 2. The van der Waals surface area contributed by atoms with Crippen molar-refractivity contribution in [3.63, 3.8) is 0 Å². The van der Waals surface area contributed by atoms with Crippen LogP contribution in [0.2, 0.25) is 0 Å². The lowest BCUT2D eigenvalue weighted by molar-refractivity contribution is -0.139. The van der Waals surface area contributed by atoms with Gasteiger partial charge < -0.3 is 14.9 Å². The van der Waals surface area contributed by atoms with Crippen LogP contribution in [0.15, 0.2) is 0 Å². The van der Waals surface area contributed by atoms with Crippen molar-refractivity contribution in [2.45, 2.75) is 32.3 Å². The summed E-state index contributed by atoms with van der Waals surface area (Å²) in [4.78, 5) is 26.4. The maximum atomic E-state index is 11.7. The van der Waals surface area contributed by atoms with Crippen LogP contribution in [-0.4, -0.2) is 59.5 Å². The second kappa shape index (κ2) is 5.84. The standard InChI is InChI=1S/C11H20N2O3/c1-9(14)7-10(15)12(2)8-11(16)13-5-3-4-6-13/h9,14H,3-8H2,1-2H3. The van der Waals surface area contributed by atoms with Gasteiger partial charge in [-0.3, -0.25) is 9.59 Å². The summed E-state index contributed by atoms with van der Waals surface area (Å²) in [6.45, 7) is 3.29. The first-order valence-corrected chi connectivity index (χ1v) is 5.70. The molecule has 5 nitrogen and oxygen atoms in total. The Morgan fingerprint density at radius 3 is 2.44 bits per heavy atom. The van der Waals surface area contributed by atoms with Gasteiger partial charge in [0.1, 0.15) is 0 Å². The number of nitrogens with zero attached hydrogens (tertiary/aromatic N) is 2. The van der Waals surface area contributed by atoms with Crippen molar-refractivity contribution in [3.8, 4) is 0 Å². The van der Waals surface area contributed by atoms with E-state index in [1.54, 1.807) is 18.9 Å². The fourth-order valence-electron chi connectivity index (χ4n) is 1.77. The molecule has 0 aliphatic carbocycles. The molecule has 1 atom stereocenters. The summed E-state index contributed by atoms with van der Waals surface area (Å²) < 4.78 is 0. The number of hydrogen-bond acceptors (Lipinski definition) is 3. The SMILES string of the molecule is CC(O)CC(=O)N(C)CC(=O)N1CCCC1. The van der Waals surface area contributed by atoms with Crippen molar-refractivity contribution >= 4 is 11.8 Å². The first kappa shape index (κ1) is 13.0. The molecule has 0 radical (unpaired) electrons. The number of likely N-dealkylation sites (N-methyl/N-ethyl adjacent to an activating group) is 1. The van der Waals surface area contributed by atoms with Gasteiger partial charge >= 0.3 is 0 Å². The molecule has 1 aliphatic rings. The number of aliphatic hydroxyl groups excluding tert-OH is 1. The van der Waals surface area contributed by atoms with Crippen LogP contribution in [-0.2, 0) is 9.59 Å². The second-order valence-electron chi connectivity index (χ2n) is 4.39. The van der Waals surface area contributed by atoms with Crippen LogP contribution >= 0.6 is 0 Å². The Morgan fingerprint density at radius 1 is 1.38 bits per heavy atom. The minimum absolute atomic E-state index is 0.000979. The molecule has 1 rings (SSSR count). The van der Waals surface area contributed by atoms with Crippen molar-refractivity contribution in [2.75, 3.05) is 26.7 Å². The van der Waals surface area contributed by atoms with Gasteiger partial charge in [0.2, 0.25) is 11.8 Å². The molecule has 5 heteroatoms. The van der Waals surface area contributed by atoms with Crippen LogP contribution in [0.5, 0.6) is 0 Å². The highest BCUT2D eigenvalue weighted by Crippen LogP contribution is 2.08. The molecule has 1 N–H and O–H groups in total. The Morgan fingerprint density at radius 2 is 1.94 bits per heavy atom. The lowest BCUT2D eigenvalue weighted by atomic mass is 10.2. The summed E-state index contributed by atoms with van der Waals surface area (Å²) in [7, 11) is 1.60. The highest BCUT2D eigenvalue weighted by molar-refractivity contribution is 5.84. The van der Waals surface area contributed by atoms with Gasteiger partial charge in [-0.2, -0.15) is 0 Å². The molecule has 0 bridgehead atoms. The van der Waals surface area contributed by atoms with Crippen molar-refractivity contribution in [2.24, 2.45) is 0 Å². The topological polar surface area (TPSA) is 60.9 Å². The molecule has 2 amide bonds. The fraction of sp³-hybridized carbons (Fsp3) is 0.818. The monoisotopic (exact) mass is 228 g/mol. The minimum Gasteiger partial charge on any atom is -0.393 e. The van der Waals surface area contributed by atoms with Gasteiger partial charge in [0.15, 0.2) is 0 Å². The molecule has 0 spiro atoms. The molecule has 0 aromatic heterocycles. The van der Waals surface area contributed by atoms with Crippen molar-refractivity contribution in [3.05, 3.63) is 0 Å². The zero-order valence-corrected chi connectivity index (χ0v) is 9.98. The molecule has 0 aromatic rings. The molecule has 1 heterocycles. The van der Waals surface area contributed by atoms with Crippen molar-refractivity contribution in [1.82, 2.24) is 9.80 Å². The van der Waals surface area contributed by atoms with E-state index in [-0.39, 0.29) is 24.8 Å². The quantitative estimate of drug-likeness (QED) is 0.727. The highest BCUT2D eigenvalue weighted by Gasteiger charge is 2.21. The van der Waals surface area contributed by atoms with E-state index < -0.39 is 6.10 Å². The largest absolute Gasteiger partial charge is 0.393 e. The number of aliphatic hydroxyl groups is 1. The molecule has 0 saturated carbocycles. The van der Waals surface area contributed by atoms with Gasteiger partial charge in [-0.15, -0.1) is 0 Å². The van der Waals surface area contributed by atoms with E-state index in [2.05, 4.69) is 0 Å². The predicted molar refractivity (Wildman–Crippen MR) is 59.7 cm³/mol. The number of hydrogen-bond donors (Lipinski definition) is 1. The zero-order chi connectivity index (χ0) is 12.1. The number of rotatable bonds is 4. The molecule has 1 unspecified atom stereocenters. The van der Waals surface area contributed by atoms with E-state index in [0.717, 1.165) is 25.9 Å². The van der Waals surface area contributed by atoms with Crippen LogP contribution in [0, 0.1) is 0 Å². The predicted octanol–water partition coefficient (Wildman–Crippen LogP) is -0.162. The molecule has 1 fully saturated rings. The number of amides is 2. The third kappa shape index (κ3) is 3.81. The molecule has 1 aliphatic heterocycles. The summed E-state index contributed by atoms with van der Waals surface area (Å²) >= 11 is 0. The van der Waals surface area contributed by atoms with Gasteiger partial charge in [0, 0.05) is 20.1 Å². The third-order valence-corrected chi connectivity index (χ3v) is 2.73. The van der Waals surface area contributed by atoms with Gasteiger partial charge in [-0.1, -0.05) is 0 Å². The minimum atomic E-state index is -0.656. The van der Waals surface area contributed by atoms with E-state index in [9.17, 15) is 9.59 Å². The first-order valence-electron chi connectivity index (χ1n) is 5.70. The Labute approximate surface area is 96.0 Å². The van der Waals surface area contributed by atoms with Crippen molar-refractivity contribution < 1.29 is 14.7 Å². The van der Waals surface area contributed by atoms with E-state index in [0.29, 0.717) is 0 Å². The lowest BCUT2D eigenvalue weighted by Crippen LogP contribution is -2.40. The van der Waals surface area contributed by atoms with E-state index in [1.165, 1.54) is 4.90 Å². The first-order chi connectivity index (χ1) is 7.50. The highest BCUT2D eigenvalue weighted by atomic mass is 16.3. The molecule has 1 saturated heterocycles.